The molecule has 1 fully saturated rings. The van der Waals surface area contributed by atoms with Crippen LogP contribution in [-0.2, 0) is 9.59 Å². The van der Waals surface area contributed by atoms with Gasteiger partial charge in [0, 0.05) is 0 Å². The number of anilines is 1. The number of carbonyl (C=O) groups is 2. The lowest BCUT2D eigenvalue weighted by Gasteiger charge is -2.31. The van der Waals surface area contributed by atoms with Crippen molar-refractivity contribution in [1.29, 1.82) is 0 Å². The molecule has 2 heterocycles. The number of carbonyl (C=O) groups excluding carboxylic acids is 2. The van der Waals surface area contributed by atoms with Crippen molar-refractivity contribution >= 4 is 29.4 Å². The molecule has 1 aromatic heterocycles. The molecule has 2 rings (SSSR count). The van der Waals surface area contributed by atoms with Crippen molar-refractivity contribution in [2.45, 2.75) is 32.9 Å². The molecule has 0 bridgehead atoms. The van der Waals surface area contributed by atoms with Crippen molar-refractivity contribution in [3.8, 4) is 6.01 Å². The van der Waals surface area contributed by atoms with Crippen LogP contribution in [0.4, 0.5) is 5.95 Å². The van der Waals surface area contributed by atoms with Gasteiger partial charge in [-0.1, -0.05) is 0 Å². The van der Waals surface area contributed by atoms with E-state index in [2.05, 4.69) is 20.3 Å². The molecule has 20 heavy (non-hydrogen) atoms. The highest BCUT2D eigenvalue weighted by molar-refractivity contribution is 6.28. The van der Waals surface area contributed by atoms with Crippen LogP contribution in [0.2, 0.25) is 5.28 Å². The van der Waals surface area contributed by atoms with Crippen LogP contribution in [0.1, 0.15) is 20.8 Å². The number of piperazine rings is 1. The number of ether oxygens (including phenoxy) is 1. The minimum absolute atomic E-state index is 0.0334. The summed E-state index contributed by atoms with van der Waals surface area (Å²) in [6.45, 7) is 5.24. The first-order valence-corrected chi connectivity index (χ1v) is 6.43. The van der Waals surface area contributed by atoms with E-state index in [-0.39, 0.29) is 29.9 Å². The Morgan fingerprint density at radius 2 is 2.05 bits per heavy atom. The number of amides is 2. The third-order valence-electron chi connectivity index (χ3n) is 2.60. The Bertz CT molecular complexity index is 551. The standard InChI is InChI=1S/C11H14ClN5O3/c1-5(2)20-11-15-9(12)14-10(16-11)17-4-7(18)13-8(19)6(17)3/h5-6H,4H2,1-3H3,(H,13,18,19). The number of rotatable bonds is 3. The predicted molar refractivity (Wildman–Crippen MR) is 70.6 cm³/mol. The Labute approximate surface area is 120 Å². The summed E-state index contributed by atoms with van der Waals surface area (Å²) in [6, 6.07) is -0.529. The fraction of sp³-hybridized carbons (Fsp3) is 0.545. The largest absolute Gasteiger partial charge is 0.461 e. The molecule has 1 atom stereocenters. The van der Waals surface area contributed by atoms with Crippen LogP contribution in [0, 0.1) is 0 Å². The number of hydrogen-bond donors (Lipinski definition) is 1. The monoisotopic (exact) mass is 299 g/mol. The first kappa shape index (κ1) is 14.4. The Hall–Kier alpha value is -1.96. The third-order valence-corrected chi connectivity index (χ3v) is 2.77. The number of imide groups is 1. The van der Waals surface area contributed by atoms with Gasteiger partial charge in [-0.2, -0.15) is 15.0 Å². The first-order chi connectivity index (χ1) is 9.36. The fourth-order valence-electron chi connectivity index (χ4n) is 1.67. The van der Waals surface area contributed by atoms with E-state index in [9.17, 15) is 9.59 Å². The highest BCUT2D eigenvalue weighted by atomic mass is 35.5. The van der Waals surface area contributed by atoms with Crippen molar-refractivity contribution < 1.29 is 14.3 Å². The molecule has 8 nitrogen and oxygen atoms in total. The van der Waals surface area contributed by atoms with E-state index < -0.39 is 17.9 Å². The van der Waals surface area contributed by atoms with Crippen LogP contribution in [0.15, 0.2) is 0 Å². The Kier molecular flexibility index (Phi) is 4.03. The molecule has 1 N–H and O–H groups in total. The number of nitrogens with one attached hydrogen (secondary N) is 1. The summed E-state index contributed by atoms with van der Waals surface area (Å²) < 4.78 is 5.36. The maximum atomic E-state index is 11.6. The molecule has 0 saturated carbocycles. The molecule has 0 radical (unpaired) electrons. The average molecular weight is 300 g/mol. The van der Waals surface area contributed by atoms with Crippen LogP contribution < -0.4 is 15.0 Å². The normalized spacial score (nSPS) is 19.2. The van der Waals surface area contributed by atoms with Crippen LogP contribution in [0.3, 0.4) is 0 Å². The third kappa shape index (κ3) is 3.13. The minimum atomic E-state index is -0.585. The van der Waals surface area contributed by atoms with E-state index in [0.29, 0.717) is 0 Å². The first-order valence-electron chi connectivity index (χ1n) is 6.05. The molecule has 1 unspecified atom stereocenters. The van der Waals surface area contributed by atoms with Gasteiger partial charge in [-0.15, -0.1) is 0 Å². The second-order valence-corrected chi connectivity index (χ2v) is 4.91. The van der Waals surface area contributed by atoms with Gasteiger partial charge in [-0.05, 0) is 32.4 Å². The van der Waals surface area contributed by atoms with Gasteiger partial charge in [0.2, 0.25) is 23.0 Å². The zero-order valence-corrected chi connectivity index (χ0v) is 12.0. The number of halogens is 1. The van der Waals surface area contributed by atoms with E-state index in [4.69, 9.17) is 16.3 Å². The van der Waals surface area contributed by atoms with Gasteiger partial charge < -0.3 is 9.64 Å². The van der Waals surface area contributed by atoms with E-state index in [1.165, 1.54) is 4.90 Å². The van der Waals surface area contributed by atoms with Gasteiger partial charge >= 0.3 is 6.01 Å². The highest BCUT2D eigenvalue weighted by Crippen LogP contribution is 2.19. The molecular weight excluding hydrogens is 286 g/mol. The number of aromatic nitrogens is 3. The van der Waals surface area contributed by atoms with Crippen LogP contribution in [-0.4, -0.2) is 45.5 Å². The second-order valence-electron chi connectivity index (χ2n) is 4.57. The maximum Gasteiger partial charge on any atom is 0.322 e. The molecule has 2 amide bonds. The smallest absolute Gasteiger partial charge is 0.322 e. The summed E-state index contributed by atoms with van der Waals surface area (Å²) in [4.78, 5) is 36.4. The Morgan fingerprint density at radius 3 is 2.70 bits per heavy atom. The molecule has 1 aromatic rings. The van der Waals surface area contributed by atoms with E-state index in [1.54, 1.807) is 6.92 Å². The topological polar surface area (TPSA) is 97.3 Å². The zero-order valence-electron chi connectivity index (χ0n) is 11.3. The van der Waals surface area contributed by atoms with Gasteiger partial charge in [0.25, 0.3) is 0 Å². The summed E-state index contributed by atoms with van der Waals surface area (Å²) in [5.74, 6) is -0.698. The van der Waals surface area contributed by atoms with Crippen molar-refractivity contribution in [3.63, 3.8) is 0 Å². The van der Waals surface area contributed by atoms with Crippen LogP contribution >= 0.6 is 11.6 Å². The van der Waals surface area contributed by atoms with Crippen molar-refractivity contribution in [2.75, 3.05) is 11.4 Å². The molecule has 0 aromatic carbocycles. The van der Waals surface area contributed by atoms with E-state index in [0.717, 1.165) is 0 Å². The molecule has 0 spiro atoms. The highest BCUT2D eigenvalue weighted by Gasteiger charge is 2.32. The molecule has 1 aliphatic rings. The van der Waals surface area contributed by atoms with Crippen LogP contribution in [0.25, 0.3) is 0 Å². The fourth-order valence-corrected chi connectivity index (χ4v) is 1.82. The van der Waals surface area contributed by atoms with Gasteiger partial charge in [-0.3, -0.25) is 14.9 Å². The molecule has 9 heteroatoms. The van der Waals surface area contributed by atoms with E-state index in [1.807, 2.05) is 13.8 Å². The number of hydrogen-bond acceptors (Lipinski definition) is 7. The lowest BCUT2D eigenvalue weighted by atomic mass is 10.2. The zero-order chi connectivity index (χ0) is 14.9. The molecule has 108 valence electrons. The van der Waals surface area contributed by atoms with E-state index >= 15 is 0 Å². The van der Waals surface area contributed by atoms with Gasteiger partial charge in [0.05, 0.1) is 6.10 Å². The molecule has 1 aliphatic heterocycles. The average Bonchev–Trinajstić information content (AvgIpc) is 2.32. The Balaban J connectivity index is 2.33. The van der Waals surface area contributed by atoms with Crippen molar-refractivity contribution in [3.05, 3.63) is 5.28 Å². The number of nitrogens with zero attached hydrogens (tertiary/aromatic N) is 4. The summed E-state index contributed by atoms with van der Waals surface area (Å²) in [5.41, 5.74) is 0. The molecule has 1 saturated heterocycles. The van der Waals surface area contributed by atoms with Crippen molar-refractivity contribution in [1.82, 2.24) is 20.3 Å². The summed E-state index contributed by atoms with van der Waals surface area (Å²) in [5, 5.41) is 2.18. The minimum Gasteiger partial charge on any atom is -0.461 e. The predicted octanol–water partition coefficient (Wildman–Crippen LogP) is 0.163. The summed E-state index contributed by atoms with van der Waals surface area (Å²) in [7, 11) is 0. The molecular formula is C11H14ClN5O3. The summed E-state index contributed by atoms with van der Waals surface area (Å²) >= 11 is 5.82. The Morgan fingerprint density at radius 1 is 1.35 bits per heavy atom. The quantitative estimate of drug-likeness (QED) is 0.794. The van der Waals surface area contributed by atoms with Gasteiger partial charge in [0.15, 0.2) is 0 Å². The summed E-state index contributed by atoms with van der Waals surface area (Å²) in [6.07, 6.45) is -0.134. The SMILES string of the molecule is CC(C)Oc1nc(Cl)nc(N2CC(=O)NC(=O)C2C)n1. The lowest BCUT2D eigenvalue weighted by Crippen LogP contribution is -2.57. The maximum absolute atomic E-state index is 11.6. The van der Waals surface area contributed by atoms with Crippen LogP contribution in [0.5, 0.6) is 6.01 Å². The lowest BCUT2D eigenvalue weighted by molar-refractivity contribution is -0.132. The van der Waals surface area contributed by atoms with Gasteiger partial charge in [-0.25, -0.2) is 0 Å². The second kappa shape index (κ2) is 5.58. The van der Waals surface area contributed by atoms with Gasteiger partial charge in [0.1, 0.15) is 12.6 Å². The molecule has 0 aliphatic carbocycles. The van der Waals surface area contributed by atoms with Crippen molar-refractivity contribution in [2.24, 2.45) is 0 Å².